The molecule has 0 atom stereocenters. The van der Waals surface area contributed by atoms with Crippen LogP contribution in [0.4, 0.5) is 0 Å². The van der Waals surface area contributed by atoms with Crippen LogP contribution in [0.3, 0.4) is 0 Å². The third-order valence-corrected chi connectivity index (χ3v) is 1.65. The van der Waals surface area contributed by atoms with Crippen LogP contribution in [0.1, 0.15) is 19.5 Å². The Morgan fingerprint density at radius 1 is 1.50 bits per heavy atom. The lowest BCUT2D eigenvalue weighted by molar-refractivity contribution is -0.570. The van der Waals surface area contributed by atoms with Crippen LogP contribution in [0.15, 0.2) is 18.6 Å². The van der Waals surface area contributed by atoms with Gasteiger partial charge in [-0.15, -0.1) is 0 Å². The molecule has 0 aliphatic rings. The second-order valence-electron chi connectivity index (χ2n) is 2.91. The van der Waals surface area contributed by atoms with Gasteiger partial charge in [-0.05, 0) is 0 Å². The van der Waals surface area contributed by atoms with E-state index in [1.807, 2.05) is 0 Å². The third kappa shape index (κ3) is 1.39. The minimum Gasteiger partial charge on any atom is -0.264 e. The van der Waals surface area contributed by atoms with E-state index in [-0.39, 0.29) is 4.92 Å². The Labute approximate surface area is 69.6 Å². The molecule has 64 valence electrons. The lowest BCUT2D eigenvalue weighted by atomic mass is 10.0. The van der Waals surface area contributed by atoms with Crippen LogP contribution in [-0.4, -0.2) is 14.9 Å². The molecule has 0 aromatic carbocycles. The molecule has 0 amide bonds. The van der Waals surface area contributed by atoms with Crippen LogP contribution in [0, 0.1) is 10.1 Å². The number of nitrogens with zero attached hydrogens (tertiary/aromatic N) is 3. The van der Waals surface area contributed by atoms with Crippen LogP contribution in [0.25, 0.3) is 0 Å². The number of nitro groups is 1. The van der Waals surface area contributed by atoms with Crippen molar-refractivity contribution in [3.05, 3.63) is 34.4 Å². The van der Waals surface area contributed by atoms with Crippen LogP contribution < -0.4 is 0 Å². The molecule has 0 aliphatic carbocycles. The van der Waals surface area contributed by atoms with Gasteiger partial charge in [0, 0.05) is 31.2 Å². The molecule has 0 saturated heterocycles. The Morgan fingerprint density at radius 2 is 2.17 bits per heavy atom. The second kappa shape index (κ2) is 2.84. The Kier molecular flexibility index (Phi) is 2.03. The van der Waals surface area contributed by atoms with E-state index >= 15 is 0 Å². The first-order chi connectivity index (χ1) is 5.55. The molecule has 0 fully saturated rings. The molecule has 1 aromatic heterocycles. The Bertz CT molecular complexity index is 284. The van der Waals surface area contributed by atoms with E-state index in [2.05, 4.69) is 9.97 Å². The van der Waals surface area contributed by atoms with E-state index in [9.17, 15) is 10.1 Å². The lowest BCUT2D eigenvalue weighted by Gasteiger charge is -2.13. The minimum atomic E-state index is -1.16. The number of rotatable bonds is 2. The first-order valence-corrected chi connectivity index (χ1v) is 3.46. The Hall–Kier alpha value is -1.52. The number of hydrogen-bond donors (Lipinski definition) is 0. The summed E-state index contributed by atoms with van der Waals surface area (Å²) < 4.78 is 0. The zero-order valence-corrected chi connectivity index (χ0v) is 6.89. The molecule has 0 aliphatic heterocycles. The second-order valence-corrected chi connectivity index (χ2v) is 2.91. The predicted molar refractivity (Wildman–Crippen MR) is 42.1 cm³/mol. The van der Waals surface area contributed by atoms with E-state index in [1.165, 1.54) is 32.4 Å². The van der Waals surface area contributed by atoms with E-state index < -0.39 is 5.54 Å². The molecule has 1 heterocycles. The molecule has 1 aromatic rings. The first-order valence-electron chi connectivity index (χ1n) is 3.46. The highest BCUT2D eigenvalue weighted by molar-refractivity contribution is 5.04. The standard InChI is InChI=1S/C7H9N3O2/c1-7(2,10(11)12)6-5-8-3-4-9-6/h3-5H,1-2H3. The van der Waals surface area contributed by atoms with Crippen LogP contribution in [0.5, 0.6) is 0 Å². The van der Waals surface area contributed by atoms with Gasteiger partial charge < -0.3 is 0 Å². The minimum absolute atomic E-state index is 0.370. The average molecular weight is 167 g/mol. The molecule has 0 radical (unpaired) electrons. The summed E-state index contributed by atoms with van der Waals surface area (Å²) in [5.74, 6) is 0. The van der Waals surface area contributed by atoms with Gasteiger partial charge in [0.2, 0.25) is 0 Å². The van der Waals surface area contributed by atoms with Crippen molar-refractivity contribution in [2.24, 2.45) is 0 Å². The molecule has 5 nitrogen and oxygen atoms in total. The molecule has 0 unspecified atom stereocenters. The predicted octanol–water partition coefficient (Wildman–Crippen LogP) is 0.988. The summed E-state index contributed by atoms with van der Waals surface area (Å²) in [5, 5.41) is 10.6. The van der Waals surface area contributed by atoms with Gasteiger partial charge in [-0.2, -0.15) is 0 Å². The highest BCUT2D eigenvalue weighted by Gasteiger charge is 2.34. The fourth-order valence-electron chi connectivity index (χ4n) is 0.709. The van der Waals surface area contributed by atoms with Crippen molar-refractivity contribution >= 4 is 0 Å². The summed E-state index contributed by atoms with van der Waals surface area (Å²) in [4.78, 5) is 17.8. The highest BCUT2D eigenvalue weighted by Crippen LogP contribution is 2.19. The van der Waals surface area contributed by atoms with Crippen LogP contribution >= 0.6 is 0 Å². The highest BCUT2D eigenvalue weighted by atomic mass is 16.6. The normalized spacial score (nSPS) is 11.2. The van der Waals surface area contributed by atoms with E-state index in [0.29, 0.717) is 5.69 Å². The van der Waals surface area contributed by atoms with Gasteiger partial charge in [0.15, 0.2) is 0 Å². The van der Waals surface area contributed by atoms with Crippen molar-refractivity contribution in [3.8, 4) is 0 Å². The van der Waals surface area contributed by atoms with Gasteiger partial charge in [0.25, 0.3) is 5.54 Å². The monoisotopic (exact) mass is 167 g/mol. The molecule has 0 saturated carbocycles. The van der Waals surface area contributed by atoms with E-state index in [1.54, 1.807) is 0 Å². The summed E-state index contributed by atoms with van der Waals surface area (Å²) >= 11 is 0. The number of aromatic nitrogens is 2. The molecule has 0 spiro atoms. The van der Waals surface area contributed by atoms with Crippen molar-refractivity contribution in [2.75, 3.05) is 0 Å². The van der Waals surface area contributed by atoms with Gasteiger partial charge in [-0.1, -0.05) is 0 Å². The van der Waals surface area contributed by atoms with E-state index in [0.717, 1.165) is 0 Å². The van der Waals surface area contributed by atoms with Crippen molar-refractivity contribution < 1.29 is 4.92 Å². The van der Waals surface area contributed by atoms with Gasteiger partial charge >= 0.3 is 0 Å². The molecule has 12 heavy (non-hydrogen) atoms. The molecule has 0 bridgehead atoms. The van der Waals surface area contributed by atoms with Crippen molar-refractivity contribution in [2.45, 2.75) is 19.4 Å². The molecule has 5 heteroatoms. The van der Waals surface area contributed by atoms with Crippen molar-refractivity contribution in [1.82, 2.24) is 9.97 Å². The fraction of sp³-hybridized carbons (Fsp3) is 0.429. The van der Waals surface area contributed by atoms with E-state index in [4.69, 9.17) is 0 Å². The maximum absolute atomic E-state index is 10.6. The average Bonchev–Trinajstić information content (AvgIpc) is 2.06. The summed E-state index contributed by atoms with van der Waals surface area (Å²) in [6, 6.07) is 0. The zero-order valence-electron chi connectivity index (χ0n) is 6.89. The Morgan fingerprint density at radius 3 is 2.58 bits per heavy atom. The quantitative estimate of drug-likeness (QED) is 0.486. The molecular weight excluding hydrogens is 158 g/mol. The summed E-state index contributed by atoms with van der Waals surface area (Å²) in [5.41, 5.74) is -0.788. The van der Waals surface area contributed by atoms with Gasteiger partial charge in [-0.3, -0.25) is 20.1 Å². The number of hydrogen-bond acceptors (Lipinski definition) is 4. The van der Waals surface area contributed by atoms with Crippen molar-refractivity contribution in [1.29, 1.82) is 0 Å². The SMILES string of the molecule is CC(C)(c1cnccn1)[N+](=O)[O-]. The summed E-state index contributed by atoms with van der Waals surface area (Å²) in [6.07, 6.45) is 4.34. The topological polar surface area (TPSA) is 68.9 Å². The zero-order chi connectivity index (χ0) is 9.19. The molecular formula is C7H9N3O2. The van der Waals surface area contributed by atoms with Gasteiger partial charge in [0.1, 0.15) is 5.69 Å². The van der Waals surface area contributed by atoms with Crippen molar-refractivity contribution in [3.63, 3.8) is 0 Å². The van der Waals surface area contributed by atoms with Gasteiger partial charge in [-0.25, -0.2) is 0 Å². The molecule has 0 N–H and O–H groups in total. The van der Waals surface area contributed by atoms with Crippen LogP contribution in [-0.2, 0) is 5.54 Å². The fourth-order valence-corrected chi connectivity index (χ4v) is 0.709. The largest absolute Gasteiger partial charge is 0.264 e. The summed E-state index contributed by atoms with van der Waals surface area (Å²) in [7, 11) is 0. The maximum atomic E-state index is 10.6. The Balaban J connectivity index is 3.06. The summed E-state index contributed by atoms with van der Waals surface area (Å²) in [6.45, 7) is 2.99. The third-order valence-electron chi connectivity index (χ3n) is 1.65. The first kappa shape index (κ1) is 8.58. The maximum Gasteiger partial charge on any atom is 0.259 e. The lowest BCUT2D eigenvalue weighted by Crippen LogP contribution is -2.29. The smallest absolute Gasteiger partial charge is 0.259 e. The van der Waals surface area contributed by atoms with Crippen LogP contribution in [0.2, 0.25) is 0 Å². The molecule has 1 rings (SSSR count). The van der Waals surface area contributed by atoms with Gasteiger partial charge in [0.05, 0.1) is 6.20 Å².